The standard InChI is InChI=1S/C19H17F2N3O.ClH/c20-16-6-5-14(9-17(16)21)15-7-8-23-11-18(15)24-19(25)13-3-1-12(10-22)2-4-13;/h1-6,9,15,18,23H,7-8,11H2,(H,24,25);1H. The van der Waals surface area contributed by atoms with Crippen molar-refractivity contribution < 1.29 is 13.6 Å². The molecule has 136 valence electrons. The fourth-order valence-corrected chi connectivity index (χ4v) is 3.10. The van der Waals surface area contributed by atoms with Crippen LogP contribution in [0.1, 0.15) is 33.8 Å². The van der Waals surface area contributed by atoms with Gasteiger partial charge in [0.05, 0.1) is 11.6 Å². The number of nitrogens with zero attached hydrogens (tertiary/aromatic N) is 1. The summed E-state index contributed by atoms with van der Waals surface area (Å²) in [5, 5.41) is 15.0. The van der Waals surface area contributed by atoms with Crippen molar-refractivity contribution in [2.24, 2.45) is 0 Å². The maximum absolute atomic E-state index is 13.6. The van der Waals surface area contributed by atoms with Crippen LogP contribution in [0, 0.1) is 23.0 Å². The van der Waals surface area contributed by atoms with E-state index in [1.807, 2.05) is 6.07 Å². The van der Waals surface area contributed by atoms with Crippen LogP contribution < -0.4 is 10.6 Å². The van der Waals surface area contributed by atoms with Gasteiger partial charge < -0.3 is 10.6 Å². The quantitative estimate of drug-likeness (QED) is 0.863. The Hall–Kier alpha value is -2.49. The van der Waals surface area contributed by atoms with Gasteiger partial charge in [0.15, 0.2) is 11.6 Å². The molecule has 26 heavy (non-hydrogen) atoms. The number of piperidine rings is 1. The highest BCUT2D eigenvalue weighted by atomic mass is 35.5. The van der Waals surface area contributed by atoms with Crippen LogP contribution in [0.3, 0.4) is 0 Å². The molecule has 7 heteroatoms. The Labute approximate surface area is 156 Å². The third-order valence-electron chi connectivity index (χ3n) is 4.45. The number of carbonyl (C=O) groups excluding carboxylic acids is 1. The van der Waals surface area contributed by atoms with Crippen molar-refractivity contribution in [1.29, 1.82) is 5.26 Å². The fourth-order valence-electron chi connectivity index (χ4n) is 3.10. The summed E-state index contributed by atoms with van der Waals surface area (Å²) in [6.07, 6.45) is 0.712. The van der Waals surface area contributed by atoms with Crippen LogP contribution >= 0.6 is 12.4 Å². The molecule has 2 aromatic rings. The van der Waals surface area contributed by atoms with E-state index in [0.717, 1.165) is 12.6 Å². The number of rotatable bonds is 3. The predicted molar refractivity (Wildman–Crippen MR) is 96.2 cm³/mol. The van der Waals surface area contributed by atoms with Gasteiger partial charge in [0.25, 0.3) is 5.91 Å². The molecule has 1 aliphatic rings. The summed E-state index contributed by atoms with van der Waals surface area (Å²) in [7, 11) is 0. The van der Waals surface area contributed by atoms with Crippen LogP contribution in [-0.2, 0) is 0 Å². The first-order valence-electron chi connectivity index (χ1n) is 8.05. The summed E-state index contributed by atoms with van der Waals surface area (Å²) < 4.78 is 26.7. The van der Waals surface area contributed by atoms with E-state index < -0.39 is 11.6 Å². The molecule has 1 fully saturated rings. The minimum absolute atomic E-state index is 0. The predicted octanol–water partition coefficient (Wildman–Crippen LogP) is 3.13. The third kappa shape index (κ3) is 4.37. The van der Waals surface area contributed by atoms with Crippen molar-refractivity contribution >= 4 is 18.3 Å². The molecule has 0 aliphatic carbocycles. The van der Waals surface area contributed by atoms with Gasteiger partial charge in [-0.15, -0.1) is 12.4 Å². The Bertz CT molecular complexity index is 821. The van der Waals surface area contributed by atoms with Gasteiger partial charge in [-0.3, -0.25) is 4.79 Å². The average Bonchev–Trinajstić information content (AvgIpc) is 2.64. The fraction of sp³-hybridized carbons (Fsp3) is 0.263. The second-order valence-corrected chi connectivity index (χ2v) is 6.04. The number of amides is 1. The van der Waals surface area contributed by atoms with Crippen molar-refractivity contribution in [1.82, 2.24) is 10.6 Å². The molecular formula is C19H18ClF2N3O. The van der Waals surface area contributed by atoms with Crippen LogP contribution in [0.25, 0.3) is 0 Å². The topological polar surface area (TPSA) is 64.9 Å². The summed E-state index contributed by atoms with van der Waals surface area (Å²) in [4.78, 5) is 12.5. The summed E-state index contributed by atoms with van der Waals surface area (Å²) in [6, 6.07) is 12.0. The first kappa shape index (κ1) is 19.8. The maximum atomic E-state index is 13.6. The lowest BCUT2D eigenvalue weighted by Crippen LogP contribution is -2.50. The zero-order chi connectivity index (χ0) is 17.8. The summed E-state index contributed by atoms with van der Waals surface area (Å²) in [5.41, 5.74) is 1.61. The maximum Gasteiger partial charge on any atom is 0.251 e. The minimum Gasteiger partial charge on any atom is -0.347 e. The summed E-state index contributed by atoms with van der Waals surface area (Å²) >= 11 is 0. The molecule has 4 nitrogen and oxygen atoms in total. The van der Waals surface area contributed by atoms with Crippen molar-refractivity contribution in [3.8, 4) is 6.07 Å². The zero-order valence-corrected chi connectivity index (χ0v) is 14.7. The number of carbonyl (C=O) groups is 1. The van der Waals surface area contributed by atoms with E-state index in [1.54, 1.807) is 30.3 Å². The molecule has 2 N–H and O–H groups in total. The number of nitrogens with one attached hydrogen (secondary N) is 2. The van der Waals surface area contributed by atoms with Crippen molar-refractivity contribution in [3.05, 3.63) is 70.8 Å². The first-order valence-corrected chi connectivity index (χ1v) is 8.05. The molecule has 3 rings (SSSR count). The molecule has 1 heterocycles. The van der Waals surface area contributed by atoms with E-state index in [-0.39, 0.29) is 30.3 Å². The lowest BCUT2D eigenvalue weighted by atomic mass is 9.85. The van der Waals surface area contributed by atoms with Crippen LogP contribution in [0.15, 0.2) is 42.5 Å². The molecule has 1 saturated heterocycles. The van der Waals surface area contributed by atoms with Crippen molar-refractivity contribution in [2.75, 3.05) is 13.1 Å². The molecule has 0 radical (unpaired) electrons. The molecule has 2 aromatic carbocycles. The molecule has 0 saturated carbocycles. The van der Waals surface area contributed by atoms with Gasteiger partial charge in [-0.25, -0.2) is 8.78 Å². The normalized spacial score (nSPS) is 19.1. The van der Waals surface area contributed by atoms with E-state index in [1.165, 1.54) is 6.07 Å². The monoisotopic (exact) mass is 377 g/mol. The second-order valence-electron chi connectivity index (χ2n) is 6.04. The van der Waals surface area contributed by atoms with E-state index in [0.29, 0.717) is 29.7 Å². The second kappa shape index (κ2) is 8.75. The van der Waals surface area contributed by atoms with Gasteiger partial charge in [0, 0.05) is 24.1 Å². The van der Waals surface area contributed by atoms with Crippen molar-refractivity contribution in [2.45, 2.75) is 18.4 Å². The highest BCUT2D eigenvalue weighted by Gasteiger charge is 2.28. The van der Waals surface area contributed by atoms with Gasteiger partial charge in [0.1, 0.15) is 0 Å². The Morgan fingerprint density at radius 2 is 1.88 bits per heavy atom. The lowest BCUT2D eigenvalue weighted by Gasteiger charge is -2.33. The number of hydrogen-bond acceptors (Lipinski definition) is 3. The molecule has 1 aliphatic heterocycles. The van der Waals surface area contributed by atoms with E-state index in [4.69, 9.17) is 5.26 Å². The van der Waals surface area contributed by atoms with Crippen molar-refractivity contribution in [3.63, 3.8) is 0 Å². The van der Waals surface area contributed by atoms with Crippen LogP contribution in [0.2, 0.25) is 0 Å². The van der Waals surface area contributed by atoms with Gasteiger partial charge in [-0.05, 0) is 54.9 Å². The molecule has 0 spiro atoms. The highest BCUT2D eigenvalue weighted by molar-refractivity contribution is 5.94. The van der Waals surface area contributed by atoms with Gasteiger partial charge in [-0.2, -0.15) is 5.26 Å². The Balaban J connectivity index is 0.00000243. The zero-order valence-electron chi connectivity index (χ0n) is 13.8. The third-order valence-corrected chi connectivity index (χ3v) is 4.45. The Morgan fingerprint density at radius 3 is 2.54 bits per heavy atom. The molecule has 1 amide bonds. The van der Waals surface area contributed by atoms with Gasteiger partial charge >= 0.3 is 0 Å². The minimum atomic E-state index is -0.881. The van der Waals surface area contributed by atoms with E-state index in [2.05, 4.69) is 10.6 Å². The summed E-state index contributed by atoms with van der Waals surface area (Å²) in [5.74, 6) is -2.12. The Morgan fingerprint density at radius 1 is 1.15 bits per heavy atom. The molecule has 0 bridgehead atoms. The van der Waals surface area contributed by atoms with Gasteiger partial charge in [0.2, 0.25) is 0 Å². The van der Waals surface area contributed by atoms with E-state index in [9.17, 15) is 13.6 Å². The van der Waals surface area contributed by atoms with Crippen LogP contribution in [-0.4, -0.2) is 25.0 Å². The Kier molecular flexibility index (Phi) is 6.67. The number of benzene rings is 2. The smallest absolute Gasteiger partial charge is 0.251 e. The first-order chi connectivity index (χ1) is 12.1. The lowest BCUT2D eigenvalue weighted by molar-refractivity contribution is 0.0924. The SMILES string of the molecule is Cl.N#Cc1ccc(C(=O)NC2CNCCC2c2ccc(F)c(F)c2)cc1. The summed E-state index contributed by atoms with van der Waals surface area (Å²) in [6.45, 7) is 1.29. The van der Waals surface area contributed by atoms with Gasteiger partial charge in [-0.1, -0.05) is 6.07 Å². The van der Waals surface area contributed by atoms with E-state index >= 15 is 0 Å². The highest BCUT2D eigenvalue weighted by Crippen LogP contribution is 2.27. The number of nitriles is 1. The largest absolute Gasteiger partial charge is 0.347 e. The molecule has 0 aromatic heterocycles. The van der Waals surface area contributed by atoms with Crippen LogP contribution in [0.4, 0.5) is 8.78 Å². The molecule has 2 atom stereocenters. The molecule has 2 unspecified atom stereocenters. The average molecular weight is 378 g/mol. The number of halogens is 3. The number of hydrogen-bond donors (Lipinski definition) is 2. The van der Waals surface area contributed by atoms with Crippen LogP contribution in [0.5, 0.6) is 0 Å². The molecular weight excluding hydrogens is 360 g/mol.